The van der Waals surface area contributed by atoms with Crippen LogP contribution in [0.4, 0.5) is 5.69 Å². The number of benzene rings is 2. The van der Waals surface area contributed by atoms with E-state index < -0.39 is 0 Å². The van der Waals surface area contributed by atoms with Gasteiger partial charge in [-0.15, -0.1) is 0 Å². The summed E-state index contributed by atoms with van der Waals surface area (Å²) in [5, 5.41) is 5.49. The van der Waals surface area contributed by atoms with Gasteiger partial charge >= 0.3 is 0 Å². The lowest BCUT2D eigenvalue weighted by atomic mass is 9.84. The van der Waals surface area contributed by atoms with Gasteiger partial charge in [0.05, 0.1) is 31.0 Å². The fourth-order valence-corrected chi connectivity index (χ4v) is 4.45. The minimum atomic E-state index is -0.251. The minimum absolute atomic E-state index is 0.0472. The smallest absolute Gasteiger partial charge is 0.243 e. The van der Waals surface area contributed by atoms with Gasteiger partial charge in [0.1, 0.15) is 0 Å². The zero-order valence-corrected chi connectivity index (χ0v) is 17.7. The summed E-state index contributed by atoms with van der Waals surface area (Å²) in [7, 11) is 0. The molecule has 29 heavy (non-hydrogen) atoms. The van der Waals surface area contributed by atoms with Crippen molar-refractivity contribution in [1.82, 2.24) is 10.2 Å². The molecule has 1 saturated heterocycles. The molecule has 0 aliphatic carbocycles. The Kier molecular flexibility index (Phi) is 5.99. The standard InChI is InChI=1S/C22H24BrN3O3/c23-18-7-3-4-8-19(18)25-20(27)13-24-21(28)14-26-11-9-22(10-12-26)17-6-2-1-5-16(17)15-29-22/h1-8H,9-15H2,(H,24,28)(H,25,27). The molecule has 7 heteroatoms. The molecule has 1 spiro atoms. The number of amides is 2. The first-order chi connectivity index (χ1) is 14.1. The topological polar surface area (TPSA) is 70.7 Å². The van der Waals surface area contributed by atoms with Crippen molar-refractivity contribution in [1.29, 1.82) is 0 Å². The van der Waals surface area contributed by atoms with Crippen molar-refractivity contribution < 1.29 is 14.3 Å². The summed E-state index contributed by atoms with van der Waals surface area (Å²) in [6, 6.07) is 15.8. The van der Waals surface area contributed by atoms with Crippen molar-refractivity contribution in [3.63, 3.8) is 0 Å². The van der Waals surface area contributed by atoms with E-state index in [9.17, 15) is 9.59 Å². The highest BCUT2D eigenvalue weighted by Gasteiger charge is 2.42. The Morgan fingerprint density at radius 3 is 2.55 bits per heavy atom. The third-order valence-corrected chi connectivity index (χ3v) is 6.33. The number of rotatable bonds is 5. The Hall–Kier alpha value is -2.22. The van der Waals surface area contributed by atoms with E-state index in [1.165, 1.54) is 11.1 Å². The van der Waals surface area contributed by atoms with Crippen LogP contribution in [0.15, 0.2) is 53.0 Å². The maximum atomic E-state index is 12.3. The molecule has 2 aliphatic rings. The Balaban J connectivity index is 1.22. The number of hydrogen-bond acceptors (Lipinski definition) is 4. The molecule has 0 bridgehead atoms. The zero-order valence-electron chi connectivity index (χ0n) is 16.1. The SMILES string of the molecule is O=C(CN1CCC2(CC1)OCc1ccccc12)NCC(=O)Nc1ccccc1Br. The van der Waals surface area contributed by atoms with Crippen LogP contribution in [0.1, 0.15) is 24.0 Å². The molecule has 2 aromatic carbocycles. The number of likely N-dealkylation sites (tertiary alicyclic amines) is 1. The first-order valence-electron chi connectivity index (χ1n) is 9.81. The Labute approximate surface area is 178 Å². The lowest BCUT2D eigenvalue weighted by molar-refractivity contribution is -0.126. The average Bonchev–Trinajstić information content (AvgIpc) is 3.09. The molecule has 6 nitrogen and oxygen atoms in total. The highest BCUT2D eigenvalue weighted by molar-refractivity contribution is 9.10. The summed E-state index contributed by atoms with van der Waals surface area (Å²) < 4.78 is 6.97. The van der Waals surface area contributed by atoms with E-state index in [1.54, 1.807) is 6.07 Å². The van der Waals surface area contributed by atoms with Crippen molar-refractivity contribution in [2.75, 3.05) is 31.5 Å². The van der Waals surface area contributed by atoms with Gasteiger partial charge in [0.15, 0.2) is 0 Å². The highest BCUT2D eigenvalue weighted by Crippen LogP contribution is 2.43. The summed E-state index contributed by atoms with van der Waals surface area (Å²) in [6.07, 6.45) is 1.75. The van der Waals surface area contributed by atoms with Gasteiger partial charge in [-0.1, -0.05) is 36.4 Å². The number of carbonyl (C=O) groups excluding carboxylic acids is 2. The lowest BCUT2D eigenvalue weighted by Crippen LogP contribution is -2.47. The van der Waals surface area contributed by atoms with Gasteiger partial charge in [-0.2, -0.15) is 0 Å². The van der Waals surface area contributed by atoms with E-state index in [4.69, 9.17) is 4.74 Å². The molecule has 1 fully saturated rings. The van der Waals surface area contributed by atoms with E-state index in [0.29, 0.717) is 18.8 Å². The third-order valence-electron chi connectivity index (χ3n) is 5.64. The molecule has 4 rings (SSSR count). The molecule has 0 aromatic heterocycles. The van der Waals surface area contributed by atoms with Crippen LogP contribution in [0.3, 0.4) is 0 Å². The van der Waals surface area contributed by atoms with Crippen LogP contribution in [-0.2, 0) is 26.5 Å². The van der Waals surface area contributed by atoms with E-state index in [0.717, 1.165) is 30.4 Å². The normalized spacial score (nSPS) is 17.7. The maximum absolute atomic E-state index is 12.3. The number of fused-ring (bicyclic) bond motifs is 2. The van der Waals surface area contributed by atoms with Gasteiger partial charge in [-0.05, 0) is 52.0 Å². The molecule has 0 unspecified atom stereocenters. The molecule has 0 radical (unpaired) electrons. The van der Waals surface area contributed by atoms with Crippen molar-refractivity contribution in [3.8, 4) is 0 Å². The number of hydrogen-bond donors (Lipinski definition) is 2. The second-order valence-electron chi connectivity index (χ2n) is 7.52. The van der Waals surface area contributed by atoms with Gasteiger partial charge in [0.2, 0.25) is 11.8 Å². The fraction of sp³-hybridized carbons (Fsp3) is 0.364. The number of para-hydroxylation sites is 1. The number of piperidine rings is 1. The summed E-state index contributed by atoms with van der Waals surface area (Å²) in [5.41, 5.74) is 3.06. The summed E-state index contributed by atoms with van der Waals surface area (Å²) in [6.45, 7) is 2.51. The molecule has 0 atom stereocenters. The molecule has 2 aliphatic heterocycles. The molecule has 2 N–H and O–H groups in total. The van der Waals surface area contributed by atoms with Gasteiger partial charge in [-0.3, -0.25) is 14.5 Å². The monoisotopic (exact) mass is 457 g/mol. The van der Waals surface area contributed by atoms with Crippen LogP contribution >= 0.6 is 15.9 Å². The van der Waals surface area contributed by atoms with Crippen LogP contribution in [0.2, 0.25) is 0 Å². The third kappa shape index (κ3) is 4.52. The largest absolute Gasteiger partial charge is 0.365 e. The number of halogens is 1. The zero-order chi connectivity index (χ0) is 20.3. The molecule has 0 saturated carbocycles. The highest BCUT2D eigenvalue weighted by atomic mass is 79.9. The second kappa shape index (κ2) is 8.65. The van der Waals surface area contributed by atoms with Crippen LogP contribution in [0.25, 0.3) is 0 Å². The Bertz CT molecular complexity index is 910. The first-order valence-corrected chi connectivity index (χ1v) is 10.6. The van der Waals surface area contributed by atoms with Crippen LogP contribution in [0, 0.1) is 0 Å². The van der Waals surface area contributed by atoms with Crippen LogP contribution < -0.4 is 10.6 Å². The van der Waals surface area contributed by atoms with E-state index in [-0.39, 0.29) is 24.0 Å². The number of nitrogens with one attached hydrogen (secondary N) is 2. The van der Waals surface area contributed by atoms with E-state index >= 15 is 0 Å². The van der Waals surface area contributed by atoms with Crippen molar-refractivity contribution in [3.05, 3.63) is 64.1 Å². The van der Waals surface area contributed by atoms with Crippen molar-refractivity contribution in [2.45, 2.75) is 25.0 Å². The Morgan fingerprint density at radius 2 is 1.76 bits per heavy atom. The van der Waals surface area contributed by atoms with Crippen LogP contribution in [-0.4, -0.2) is 42.9 Å². The maximum Gasteiger partial charge on any atom is 0.243 e. The van der Waals surface area contributed by atoms with Crippen molar-refractivity contribution >= 4 is 33.4 Å². The predicted molar refractivity (Wildman–Crippen MR) is 114 cm³/mol. The number of ether oxygens (including phenoxy) is 1. The van der Waals surface area contributed by atoms with E-state index in [1.807, 2.05) is 24.3 Å². The predicted octanol–water partition coefficient (Wildman–Crippen LogP) is 3.03. The average molecular weight is 458 g/mol. The van der Waals surface area contributed by atoms with E-state index in [2.05, 4.69) is 49.7 Å². The first kappa shape index (κ1) is 20.1. The Morgan fingerprint density at radius 1 is 1.03 bits per heavy atom. The number of nitrogens with zero attached hydrogens (tertiary/aromatic N) is 1. The summed E-state index contributed by atoms with van der Waals surface area (Å²) in [5.74, 6) is -0.394. The van der Waals surface area contributed by atoms with Crippen LogP contribution in [0.5, 0.6) is 0 Å². The number of carbonyl (C=O) groups is 2. The van der Waals surface area contributed by atoms with Gasteiger partial charge in [0.25, 0.3) is 0 Å². The fourth-order valence-electron chi connectivity index (χ4n) is 4.07. The molecular weight excluding hydrogens is 434 g/mol. The molecule has 2 heterocycles. The van der Waals surface area contributed by atoms with Gasteiger partial charge < -0.3 is 15.4 Å². The number of anilines is 1. The van der Waals surface area contributed by atoms with Crippen molar-refractivity contribution in [2.24, 2.45) is 0 Å². The lowest BCUT2D eigenvalue weighted by Gasteiger charge is -2.39. The second-order valence-corrected chi connectivity index (χ2v) is 8.38. The molecule has 152 valence electrons. The molecule has 2 amide bonds. The summed E-state index contributed by atoms with van der Waals surface area (Å²) in [4.78, 5) is 26.5. The molecule has 2 aromatic rings. The summed E-state index contributed by atoms with van der Waals surface area (Å²) >= 11 is 3.39. The van der Waals surface area contributed by atoms with Gasteiger partial charge in [-0.25, -0.2) is 0 Å². The quantitative estimate of drug-likeness (QED) is 0.723. The minimum Gasteiger partial charge on any atom is -0.365 e. The molecular formula is C22H24BrN3O3. The van der Waals surface area contributed by atoms with Gasteiger partial charge in [0, 0.05) is 17.6 Å².